The summed E-state index contributed by atoms with van der Waals surface area (Å²) in [5, 5.41) is 1.73. The van der Waals surface area contributed by atoms with Crippen molar-refractivity contribution in [3.05, 3.63) is 51.9 Å². The lowest BCUT2D eigenvalue weighted by Crippen LogP contribution is -2.21. The average Bonchev–Trinajstić information content (AvgIpc) is 2.84. The number of carbonyl (C=O) groups is 2. The van der Waals surface area contributed by atoms with Crippen molar-refractivity contribution in [1.29, 1.82) is 0 Å². The Balaban J connectivity index is 1.99. The number of halogens is 4. The van der Waals surface area contributed by atoms with E-state index in [1.54, 1.807) is 13.8 Å². The fourth-order valence-corrected chi connectivity index (χ4v) is 2.28. The van der Waals surface area contributed by atoms with E-state index in [0.717, 1.165) is 6.07 Å². The SMILES string of the molecule is Cc1cc(C(=O)OCC(=O)Nc2ccc(Cl)c(C(F)(F)F)c2)c(C)o1. The first-order valence-electron chi connectivity index (χ1n) is 6.98. The van der Waals surface area contributed by atoms with Crippen molar-refractivity contribution in [3.63, 3.8) is 0 Å². The van der Waals surface area contributed by atoms with E-state index >= 15 is 0 Å². The van der Waals surface area contributed by atoms with Gasteiger partial charge in [0.2, 0.25) is 0 Å². The van der Waals surface area contributed by atoms with Crippen molar-refractivity contribution in [1.82, 2.24) is 0 Å². The fraction of sp³-hybridized carbons (Fsp3) is 0.250. The molecule has 1 aromatic heterocycles. The van der Waals surface area contributed by atoms with Crippen molar-refractivity contribution >= 4 is 29.2 Å². The van der Waals surface area contributed by atoms with E-state index in [0.29, 0.717) is 17.6 Å². The number of carbonyl (C=O) groups excluding carboxylic acids is 2. The molecule has 134 valence electrons. The van der Waals surface area contributed by atoms with Crippen molar-refractivity contribution in [2.75, 3.05) is 11.9 Å². The monoisotopic (exact) mass is 375 g/mol. The third-order valence-electron chi connectivity index (χ3n) is 3.15. The third-order valence-corrected chi connectivity index (χ3v) is 3.48. The van der Waals surface area contributed by atoms with Crippen molar-refractivity contribution < 1.29 is 31.9 Å². The Hall–Kier alpha value is -2.48. The van der Waals surface area contributed by atoms with E-state index in [4.69, 9.17) is 20.8 Å². The minimum atomic E-state index is -4.65. The first-order valence-corrected chi connectivity index (χ1v) is 7.36. The molecule has 0 radical (unpaired) electrons. The summed E-state index contributed by atoms with van der Waals surface area (Å²) in [7, 11) is 0. The lowest BCUT2D eigenvalue weighted by Gasteiger charge is -2.11. The molecule has 0 spiro atoms. The van der Waals surface area contributed by atoms with Gasteiger partial charge in [0.15, 0.2) is 6.61 Å². The first kappa shape index (κ1) is 18.9. The van der Waals surface area contributed by atoms with Gasteiger partial charge in [-0.2, -0.15) is 13.2 Å². The molecule has 0 aliphatic rings. The van der Waals surface area contributed by atoms with Gasteiger partial charge in [-0.1, -0.05) is 11.6 Å². The lowest BCUT2D eigenvalue weighted by molar-refractivity contribution is -0.137. The number of nitrogens with one attached hydrogen (secondary N) is 1. The lowest BCUT2D eigenvalue weighted by atomic mass is 10.2. The van der Waals surface area contributed by atoms with Gasteiger partial charge in [0.1, 0.15) is 17.1 Å². The first-order chi connectivity index (χ1) is 11.6. The standard InChI is InChI=1S/C16H13ClF3NO4/c1-8-5-11(9(2)25-8)15(23)24-7-14(22)21-10-3-4-13(17)12(6-10)16(18,19)20/h3-6H,7H2,1-2H3,(H,21,22). The molecule has 1 heterocycles. The molecular weight excluding hydrogens is 363 g/mol. The normalized spacial score (nSPS) is 11.3. The quantitative estimate of drug-likeness (QED) is 0.806. The van der Waals surface area contributed by atoms with E-state index in [9.17, 15) is 22.8 Å². The average molecular weight is 376 g/mol. The molecule has 0 atom stereocenters. The smallest absolute Gasteiger partial charge is 0.417 e. The Bertz CT molecular complexity index is 814. The van der Waals surface area contributed by atoms with Crippen LogP contribution in [0.15, 0.2) is 28.7 Å². The second kappa shape index (κ2) is 7.18. The van der Waals surface area contributed by atoms with Crippen LogP contribution in [0.3, 0.4) is 0 Å². The summed E-state index contributed by atoms with van der Waals surface area (Å²) in [4.78, 5) is 23.6. The van der Waals surface area contributed by atoms with Gasteiger partial charge in [-0.25, -0.2) is 4.79 Å². The number of aryl methyl sites for hydroxylation is 2. The van der Waals surface area contributed by atoms with Gasteiger partial charge in [0.05, 0.1) is 10.6 Å². The molecule has 2 aromatic rings. The number of hydrogen-bond acceptors (Lipinski definition) is 4. The van der Waals surface area contributed by atoms with Crippen LogP contribution in [0.4, 0.5) is 18.9 Å². The van der Waals surface area contributed by atoms with Gasteiger partial charge >= 0.3 is 12.1 Å². The maximum Gasteiger partial charge on any atom is 0.417 e. The molecule has 5 nitrogen and oxygen atoms in total. The number of esters is 1. The van der Waals surface area contributed by atoms with Crippen LogP contribution < -0.4 is 5.32 Å². The number of amides is 1. The fourth-order valence-electron chi connectivity index (χ4n) is 2.06. The molecule has 0 saturated carbocycles. The molecule has 0 aliphatic carbocycles. The van der Waals surface area contributed by atoms with Gasteiger partial charge in [-0.15, -0.1) is 0 Å². The molecule has 0 bridgehead atoms. The zero-order chi connectivity index (χ0) is 18.8. The Morgan fingerprint density at radius 1 is 1.24 bits per heavy atom. The largest absolute Gasteiger partial charge is 0.466 e. The number of benzene rings is 1. The number of rotatable bonds is 4. The summed E-state index contributed by atoms with van der Waals surface area (Å²) in [6.07, 6.45) is -4.65. The summed E-state index contributed by atoms with van der Waals surface area (Å²) >= 11 is 5.49. The van der Waals surface area contributed by atoms with Crippen LogP contribution in [0.5, 0.6) is 0 Å². The predicted octanol–water partition coefficient (Wildman–Crippen LogP) is 4.36. The molecule has 9 heteroatoms. The molecule has 0 aliphatic heterocycles. The van der Waals surface area contributed by atoms with Gasteiger partial charge in [-0.05, 0) is 38.1 Å². The molecule has 2 rings (SSSR count). The number of alkyl halides is 3. The summed E-state index contributed by atoms with van der Waals surface area (Å²) < 4.78 is 48.3. The second-order valence-corrected chi connectivity index (χ2v) is 5.55. The molecule has 0 unspecified atom stereocenters. The molecular formula is C16H13ClF3NO4. The maximum atomic E-state index is 12.8. The molecule has 1 N–H and O–H groups in total. The minimum absolute atomic E-state index is 0.117. The van der Waals surface area contributed by atoms with Crippen LogP contribution >= 0.6 is 11.6 Å². The topological polar surface area (TPSA) is 68.5 Å². The van der Waals surface area contributed by atoms with Crippen LogP contribution in [0.2, 0.25) is 5.02 Å². The van der Waals surface area contributed by atoms with Crippen LogP contribution in [0.25, 0.3) is 0 Å². The van der Waals surface area contributed by atoms with Crippen molar-refractivity contribution in [2.45, 2.75) is 20.0 Å². The highest BCUT2D eigenvalue weighted by Gasteiger charge is 2.33. The van der Waals surface area contributed by atoms with Crippen LogP contribution in [-0.2, 0) is 15.7 Å². The minimum Gasteiger partial charge on any atom is -0.466 e. The summed E-state index contributed by atoms with van der Waals surface area (Å²) in [6.45, 7) is 2.55. The summed E-state index contributed by atoms with van der Waals surface area (Å²) in [5.74, 6) is -0.705. The summed E-state index contributed by atoms with van der Waals surface area (Å²) in [6, 6.07) is 4.39. The van der Waals surface area contributed by atoms with E-state index in [1.165, 1.54) is 12.1 Å². The van der Waals surface area contributed by atoms with Gasteiger partial charge < -0.3 is 14.5 Å². The Kier molecular flexibility index (Phi) is 5.42. The molecule has 1 amide bonds. The van der Waals surface area contributed by atoms with Crippen molar-refractivity contribution in [3.8, 4) is 0 Å². The van der Waals surface area contributed by atoms with E-state index in [1.807, 2.05) is 0 Å². The Morgan fingerprint density at radius 2 is 1.92 bits per heavy atom. The molecule has 25 heavy (non-hydrogen) atoms. The number of hydrogen-bond donors (Lipinski definition) is 1. The Labute approximate surface area is 145 Å². The number of ether oxygens (including phenoxy) is 1. The van der Waals surface area contributed by atoms with Crippen LogP contribution in [0, 0.1) is 13.8 Å². The highest BCUT2D eigenvalue weighted by Crippen LogP contribution is 2.36. The van der Waals surface area contributed by atoms with E-state index < -0.39 is 35.2 Å². The van der Waals surface area contributed by atoms with Crippen molar-refractivity contribution in [2.24, 2.45) is 0 Å². The number of furan rings is 1. The predicted molar refractivity (Wildman–Crippen MR) is 83.5 cm³/mol. The maximum absolute atomic E-state index is 12.8. The molecule has 0 fully saturated rings. The molecule has 1 aromatic carbocycles. The zero-order valence-corrected chi connectivity index (χ0v) is 13.9. The molecule has 0 saturated heterocycles. The van der Waals surface area contributed by atoms with E-state index in [-0.39, 0.29) is 11.3 Å². The van der Waals surface area contributed by atoms with Gasteiger partial charge in [-0.3, -0.25) is 4.79 Å². The van der Waals surface area contributed by atoms with Gasteiger partial charge in [0.25, 0.3) is 5.91 Å². The Morgan fingerprint density at radius 3 is 2.48 bits per heavy atom. The van der Waals surface area contributed by atoms with Gasteiger partial charge in [0, 0.05) is 5.69 Å². The van der Waals surface area contributed by atoms with Crippen LogP contribution in [0.1, 0.15) is 27.4 Å². The summed E-state index contributed by atoms with van der Waals surface area (Å²) in [5.41, 5.74) is -1.02. The highest BCUT2D eigenvalue weighted by molar-refractivity contribution is 6.31. The third kappa shape index (κ3) is 4.76. The second-order valence-electron chi connectivity index (χ2n) is 5.14. The zero-order valence-electron chi connectivity index (χ0n) is 13.2. The highest BCUT2D eigenvalue weighted by atomic mass is 35.5. The van der Waals surface area contributed by atoms with Crippen LogP contribution in [-0.4, -0.2) is 18.5 Å². The number of anilines is 1. The van der Waals surface area contributed by atoms with E-state index in [2.05, 4.69) is 5.32 Å².